The van der Waals surface area contributed by atoms with Crippen molar-refractivity contribution in [2.45, 2.75) is 13.3 Å². The summed E-state index contributed by atoms with van der Waals surface area (Å²) < 4.78 is 1.05. The molecule has 2 N–H and O–H groups in total. The minimum atomic E-state index is -0.981. The molecule has 1 amide bonds. The van der Waals surface area contributed by atoms with Gasteiger partial charge in [0.25, 0.3) is 11.5 Å². The highest BCUT2D eigenvalue weighted by Gasteiger charge is 2.20. The summed E-state index contributed by atoms with van der Waals surface area (Å²) in [5.74, 6) is -2.24. The third-order valence-electron chi connectivity index (χ3n) is 3.62. The van der Waals surface area contributed by atoms with Crippen molar-refractivity contribution < 1.29 is 14.7 Å². The van der Waals surface area contributed by atoms with Crippen LogP contribution in [0.25, 0.3) is 0 Å². The zero-order valence-electron chi connectivity index (χ0n) is 13.5. The van der Waals surface area contributed by atoms with E-state index in [0.29, 0.717) is 6.42 Å². The molecule has 2 rings (SSSR count). The molecule has 1 aromatic carbocycles. The molecule has 0 aliphatic rings. The van der Waals surface area contributed by atoms with Crippen LogP contribution >= 0.6 is 0 Å². The first kappa shape index (κ1) is 17.4. The molecule has 1 atom stereocenters. The third-order valence-corrected chi connectivity index (χ3v) is 3.62. The fourth-order valence-corrected chi connectivity index (χ4v) is 2.30. The van der Waals surface area contributed by atoms with E-state index in [4.69, 9.17) is 0 Å². The van der Waals surface area contributed by atoms with Gasteiger partial charge in [-0.3, -0.25) is 14.4 Å². The molecule has 2 aromatic rings. The Hall–Kier alpha value is -2.96. The second-order valence-electron chi connectivity index (χ2n) is 5.62. The van der Waals surface area contributed by atoms with E-state index in [1.54, 1.807) is 0 Å². The van der Waals surface area contributed by atoms with Crippen molar-refractivity contribution >= 4 is 11.9 Å². The first-order valence-corrected chi connectivity index (χ1v) is 7.47. The van der Waals surface area contributed by atoms with Crippen LogP contribution in [0.2, 0.25) is 0 Å². The smallest absolute Gasteiger partial charge is 0.308 e. The zero-order valence-corrected chi connectivity index (χ0v) is 13.5. The van der Waals surface area contributed by atoms with Gasteiger partial charge in [0.2, 0.25) is 0 Å². The highest BCUT2D eigenvalue weighted by Crippen LogP contribution is 2.11. The number of nitrogens with zero attached hydrogens (tertiary/aromatic N) is 2. The van der Waals surface area contributed by atoms with Crippen LogP contribution in [0.4, 0.5) is 0 Å². The Labute approximate surface area is 138 Å². The number of nitrogens with one attached hydrogen (secondary N) is 1. The molecule has 0 bridgehead atoms. The molecule has 1 heterocycles. The van der Waals surface area contributed by atoms with Crippen molar-refractivity contribution in [3.05, 3.63) is 63.6 Å². The van der Waals surface area contributed by atoms with E-state index in [9.17, 15) is 19.5 Å². The van der Waals surface area contributed by atoms with Crippen LogP contribution in [0, 0.1) is 12.8 Å². The topological polar surface area (TPSA) is 101 Å². The third kappa shape index (κ3) is 4.52. The number of carbonyl (C=O) groups is 2. The van der Waals surface area contributed by atoms with Gasteiger partial charge in [0.05, 0.1) is 5.92 Å². The van der Waals surface area contributed by atoms with E-state index in [1.807, 2.05) is 31.2 Å². The number of rotatable bonds is 6. The van der Waals surface area contributed by atoms with Crippen molar-refractivity contribution in [1.29, 1.82) is 0 Å². The maximum absolute atomic E-state index is 12.1. The van der Waals surface area contributed by atoms with Gasteiger partial charge < -0.3 is 10.4 Å². The van der Waals surface area contributed by atoms with Gasteiger partial charge in [-0.05, 0) is 25.0 Å². The molecule has 0 fully saturated rings. The molecular formula is C17H19N3O4. The Morgan fingerprint density at radius 1 is 1.29 bits per heavy atom. The summed E-state index contributed by atoms with van der Waals surface area (Å²) in [4.78, 5) is 34.8. The molecule has 0 spiro atoms. The van der Waals surface area contributed by atoms with E-state index in [-0.39, 0.29) is 17.8 Å². The molecular weight excluding hydrogens is 310 g/mol. The molecule has 0 saturated carbocycles. The van der Waals surface area contributed by atoms with Crippen LogP contribution in [0.15, 0.2) is 41.2 Å². The van der Waals surface area contributed by atoms with Gasteiger partial charge in [-0.2, -0.15) is 5.10 Å². The van der Waals surface area contributed by atoms with Gasteiger partial charge in [0.15, 0.2) is 0 Å². The number of carboxylic acid groups (broad SMARTS) is 1. The molecule has 24 heavy (non-hydrogen) atoms. The van der Waals surface area contributed by atoms with Gasteiger partial charge in [-0.1, -0.05) is 29.8 Å². The lowest BCUT2D eigenvalue weighted by Gasteiger charge is -2.14. The van der Waals surface area contributed by atoms with Crippen molar-refractivity contribution in [2.24, 2.45) is 13.0 Å². The fourth-order valence-electron chi connectivity index (χ4n) is 2.30. The number of amides is 1. The minimum Gasteiger partial charge on any atom is -0.481 e. The van der Waals surface area contributed by atoms with Crippen molar-refractivity contribution in [1.82, 2.24) is 15.1 Å². The van der Waals surface area contributed by atoms with Crippen LogP contribution in [0.3, 0.4) is 0 Å². The number of carboxylic acids is 1. The van der Waals surface area contributed by atoms with E-state index < -0.39 is 17.8 Å². The molecule has 0 aliphatic heterocycles. The highest BCUT2D eigenvalue weighted by molar-refractivity contribution is 5.92. The van der Waals surface area contributed by atoms with Crippen LogP contribution in [0.5, 0.6) is 0 Å². The molecule has 0 aliphatic carbocycles. The Morgan fingerprint density at radius 2 is 2.04 bits per heavy atom. The number of aromatic nitrogens is 2. The Morgan fingerprint density at radius 3 is 2.67 bits per heavy atom. The van der Waals surface area contributed by atoms with Crippen molar-refractivity contribution in [3.63, 3.8) is 0 Å². The average Bonchev–Trinajstić information content (AvgIpc) is 2.53. The summed E-state index contributed by atoms with van der Waals surface area (Å²) in [7, 11) is 1.44. The molecule has 7 nitrogen and oxygen atoms in total. The van der Waals surface area contributed by atoms with E-state index in [0.717, 1.165) is 15.8 Å². The van der Waals surface area contributed by atoms with Crippen LogP contribution in [-0.2, 0) is 18.3 Å². The lowest BCUT2D eigenvalue weighted by Crippen LogP contribution is -2.35. The van der Waals surface area contributed by atoms with Crippen molar-refractivity contribution in [3.8, 4) is 0 Å². The maximum atomic E-state index is 12.1. The second kappa shape index (κ2) is 7.54. The second-order valence-corrected chi connectivity index (χ2v) is 5.62. The van der Waals surface area contributed by atoms with Crippen LogP contribution < -0.4 is 10.9 Å². The molecule has 7 heteroatoms. The summed E-state index contributed by atoms with van der Waals surface area (Å²) in [6, 6.07) is 10.1. The van der Waals surface area contributed by atoms with Crippen molar-refractivity contribution in [2.75, 3.05) is 6.54 Å². The predicted molar refractivity (Wildman–Crippen MR) is 87.8 cm³/mol. The molecule has 0 saturated heterocycles. The zero-order chi connectivity index (χ0) is 17.7. The number of carbonyl (C=O) groups excluding carboxylic acids is 1. The largest absolute Gasteiger partial charge is 0.481 e. The van der Waals surface area contributed by atoms with Gasteiger partial charge in [-0.25, -0.2) is 4.68 Å². The number of hydrogen-bond donors (Lipinski definition) is 2. The highest BCUT2D eigenvalue weighted by atomic mass is 16.4. The quantitative estimate of drug-likeness (QED) is 0.815. The minimum absolute atomic E-state index is 0.0212. The van der Waals surface area contributed by atoms with E-state index in [2.05, 4.69) is 10.4 Å². The SMILES string of the molecule is Cc1cccc(CC(CNC(=O)c2ccc(=O)n(C)n2)C(=O)O)c1. The van der Waals surface area contributed by atoms with E-state index >= 15 is 0 Å². The lowest BCUT2D eigenvalue weighted by atomic mass is 9.98. The summed E-state index contributed by atoms with van der Waals surface area (Å²) in [6.07, 6.45) is 0.317. The van der Waals surface area contributed by atoms with Crippen LogP contribution in [0.1, 0.15) is 21.6 Å². The monoisotopic (exact) mass is 329 g/mol. The van der Waals surface area contributed by atoms with Gasteiger partial charge >= 0.3 is 5.97 Å². The summed E-state index contributed by atoms with van der Waals surface area (Å²) in [6.45, 7) is 1.92. The number of hydrogen-bond acceptors (Lipinski definition) is 4. The number of aryl methyl sites for hydroxylation is 2. The fraction of sp³-hybridized carbons (Fsp3) is 0.294. The first-order valence-electron chi connectivity index (χ1n) is 7.47. The molecule has 1 unspecified atom stereocenters. The lowest BCUT2D eigenvalue weighted by molar-refractivity contribution is -0.141. The maximum Gasteiger partial charge on any atom is 0.308 e. The molecule has 126 valence electrons. The van der Waals surface area contributed by atoms with Crippen LogP contribution in [-0.4, -0.2) is 33.3 Å². The Balaban J connectivity index is 2.03. The summed E-state index contributed by atoms with van der Waals surface area (Å²) in [5.41, 5.74) is 1.69. The van der Waals surface area contributed by atoms with Gasteiger partial charge in [0.1, 0.15) is 5.69 Å². The molecule has 0 radical (unpaired) electrons. The summed E-state index contributed by atoms with van der Waals surface area (Å²) >= 11 is 0. The van der Waals surface area contributed by atoms with Gasteiger partial charge in [0, 0.05) is 19.7 Å². The first-order chi connectivity index (χ1) is 11.4. The molecule has 1 aromatic heterocycles. The van der Waals surface area contributed by atoms with E-state index in [1.165, 1.54) is 19.2 Å². The average molecular weight is 329 g/mol. The standard InChI is InChI=1S/C17H19N3O4/c1-11-4-3-5-12(8-11)9-13(17(23)24)10-18-16(22)14-6-7-15(21)20(2)19-14/h3-8,13H,9-10H2,1-2H3,(H,18,22)(H,23,24). The number of benzene rings is 1. The Kier molecular flexibility index (Phi) is 5.47. The Bertz CT molecular complexity index is 813. The summed E-state index contributed by atoms with van der Waals surface area (Å²) in [5, 5.41) is 15.8. The number of aliphatic carboxylic acids is 1. The predicted octanol–water partition coefficient (Wildman–Crippen LogP) is 0.762. The normalized spacial score (nSPS) is 11.8. The van der Waals surface area contributed by atoms with Gasteiger partial charge in [-0.15, -0.1) is 0 Å².